The van der Waals surface area contributed by atoms with Gasteiger partial charge in [-0.1, -0.05) is 6.07 Å². The molecule has 0 bridgehead atoms. The van der Waals surface area contributed by atoms with E-state index in [1.54, 1.807) is 18.5 Å². The van der Waals surface area contributed by atoms with Gasteiger partial charge in [-0.05, 0) is 37.1 Å². The maximum absolute atomic E-state index is 12.8. The Kier molecular flexibility index (Phi) is 4.09. The number of rotatable bonds is 3. The minimum atomic E-state index is -0.0588. The molecule has 0 saturated carbocycles. The largest absolute Gasteiger partial charge is 0.350 e. The molecule has 0 radical (unpaired) electrons. The summed E-state index contributed by atoms with van der Waals surface area (Å²) in [4.78, 5) is 23.5. The normalized spacial score (nSPS) is 17.6. The lowest BCUT2D eigenvalue weighted by Gasteiger charge is -2.31. The van der Waals surface area contributed by atoms with E-state index < -0.39 is 0 Å². The Morgan fingerprint density at radius 2 is 2.04 bits per heavy atom. The molecule has 0 aliphatic carbocycles. The maximum Gasteiger partial charge on any atom is 0.229 e. The van der Waals surface area contributed by atoms with Gasteiger partial charge in [0.05, 0.1) is 11.6 Å². The molecule has 2 aromatic heterocycles. The number of piperidine rings is 1. The van der Waals surface area contributed by atoms with Gasteiger partial charge in [-0.2, -0.15) is 0 Å². The quantitative estimate of drug-likeness (QED) is 0.799. The van der Waals surface area contributed by atoms with Gasteiger partial charge in [-0.15, -0.1) is 0 Å². The predicted octanol–water partition coefficient (Wildman–Crippen LogP) is 2.82. The van der Waals surface area contributed by atoms with Crippen LogP contribution in [0.15, 0.2) is 48.9 Å². The number of nitrogens with one attached hydrogen (secondary N) is 1. The van der Waals surface area contributed by atoms with E-state index in [0.717, 1.165) is 36.0 Å². The van der Waals surface area contributed by atoms with E-state index in [1.807, 2.05) is 31.4 Å². The number of hydrogen-bond acceptors (Lipinski definition) is 4. The lowest BCUT2D eigenvalue weighted by atomic mass is 9.97. The molecule has 25 heavy (non-hydrogen) atoms. The van der Waals surface area contributed by atoms with Gasteiger partial charge in [0.2, 0.25) is 11.9 Å². The number of carbonyl (C=O) groups is 1. The second-order valence-corrected chi connectivity index (χ2v) is 6.49. The van der Waals surface area contributed by atoms with Gasteiger partial charge in [-0.3, -0.25) is 4.79 Å². The van der Waals surface area contributed by atoms with Crippen LogP contribution in [-0.4, -0.2) is 33.5 Å². The SMILES string of the molecule is Cn1ccc2c(NC(=O)C3CCCN(c4ncccn4)C3)cccc21. The molecule has 128 valence electrons. The second-order valence-electron chi connectivity index (χ2n) is 6.49. The second kappa shape index (κ2) is 6.55. The number of aryl methyl sites for hydroxylation is 1. The van der Waals surface area contributed by atoms with Crippen molar-refractivity contribution in [3.8, 4) is 0 Å². The number of anilines is 2. The van der Waals surface area contributed by atoms with E-state index in [4.69, 9.17) is 0 Å². The Labute approximate surface area is 146 Å². The van der Waals surface area contributed by atoms with Crippen LogP contribution in [-0.2, 0) is 11.8 Å². The molecule has 1 aliphatic heterocycles. The molecular weight excluding hydrogens is 314 g/mol. The van der Waals surface area contributed by atoms with Crippen molar-refractivity contribution < 1.29 is 4.79 Å². The van der Waals surface area contributed by atoms with E-state index >= 15 is 0 Å². The average Bonchev–Trinajstić information content (AvgIpc) is 3.05. The van der Waals surface area contributed by atoms with Crippen LogP contribution in [0.25, 0.3) is 10.9 Å². The molecule has 1 N–H and O–H groups in total. The molecule has 6 nitrogen and oxygen atoms in total. The van der Waals surface area contributed by atoms with Crippen molar-refractivity contribution in [3.05, 3.63) is 48.9 Å². The molecule has 1 amide bonds. The number of fused-ring (bicyclic) bond motifs is 1. The number of aromatic nitrogens is 3. The first kappa shape index (κ1) is 15.6. The molecule has 1 aromatic carbocycles. The van der Waals surface area contributed by atoms with Crippen LogP contribution >= 0.6 is 0 Å². The molecule has 4 rings (SSSR count). The van der Waals surface area contributed by atoms with Crippen molar-refractivity contribution in [1.29, 1.82) is 0 Å². The van der Waals surface area contributed by atoms with Crippen molar-refractivity contribution in [2.24, 2.45) is 13.0 Å². The Bertz CT molecular complexity index is 889. The van der Waals surface area contributed by atoms with E-state index in [-0.39, 0.29) is 11.8 Å². The lowest BCUT2D eigenvalue weighted by molar-refractivity contribution is -0.120. The molecule has 1 atom stereocenters. The van der Waals surface area contributed by atoms with E-state index in [9.17, 15) is 4.79 Å². The molecule has 1 saturated heterocycles. The van der Waals surface area contributed by atoms with Crippen LogP contribution in [0.2, 0.25) is 0 Å². The van der Waals surface area contributed by atoms with E-state index in [1.165, 1.54) is 0 Å². The number of carbonyl (C=O) groups excluding carboxylic acids is 1. The minimum Gasteiger partial charge on any atom is -0.350 e. The Balaban J connectivity index is 1.50. The predicted molar refractivity (Wildman–Crippen MR) is 98.5 cm³/mol. The first-order valence-electron chi connectivity index (χ1n) is 8.59. The summed E-state index contributed by atoms with van der Waals surface area (Å²) in [7, 11) is 2.01. The summed E-state index contributed by atoms with van der Waals surface area (Å²) >= 11 is 0. The summed E-state index contributed by atoms with van der Waals surface area (Å²) in [6.07, 6.45) is 7.34. The zero-order chi connectivity index (χ0) is 17.2. The zero-order valence-electron chi connectivity index (χ0n) is 14.2. The molecule has 6 heteroatoms. The number of hydrogen-bond donors (Lipinski definition) is 1. The molecule has 0 spiro atoms. The minimum absolute atomic E-state index is 0.0588. The smallest absolute Gasteiger partial charge is 0.229 e. The maximum atomic E-state index is 12.8. The first-order chi connectivity index (χ1) is 12.2. The van der Waals surface area contributed by atoms with Gasteiger partial charge in [0.15, 0.2) is 0 Å². The third-order valence-corrected chi connectivity index (χ3v) is 4.81. The van der Waals surface area contributed by atoms with Crippen LogP contribution in [0.3, 0.4) is 0 Å². The van der Waals surface area contributed by atoms with Crippen LogP contribution < -0.4 is 10.2 Å². The number of amides is 1. The van der Waals surface area contributed by atoms with Gasteiger partial charge in [-0.25, -0.2) is 9.97 Å². The van der Waals surface area contributed by atoms with Crippen molar-refractivity contribution >= 4 is 28.4 Å². The fourth-order valence-corrected chi connectivity index (χ4v) is 3.47. The fourth-order valence-electron chi connectivity index (χ4n) is 3.47. The van der Waals surface area contributed by atoms with Crippen molar-refractivity contribution in [2.45, 2.75) is 12.8 Å². The summed E-state index contributed by atoms with van der Waals surface area (Å²) in [6, 6.07) is 9.83. The molecule has 3 heterocycles. The highest BCUT2D eigenvalue weighted by atomic mass is 16.1. The summed E-state index contributed by atoms with van der Waals surface area (Å²) in [6.45, 7) is 1.54. The molecule has 1 fully saturated rings. The third-order valence-electron chi connectivity index (χ3n) is 4.81. The van der Waals surface area contributed by atoms with Crippen LogP contribution in [0, 0.1) is 5.92 Å². The molecule has 3 aromatic rings. The van der Waals surface area contributed by atoms with E-state index in [2.05, 4.69) is 30.8 Å². The monoisotopic (exact) mass is 335 g/mol. The highest BCUT2D eigenvalue weighted by Crippen LogP contribution is 2.26. The highest BCUT2D eigenvalue weighted by Gasteiger charge is 2.27. The third kappa shape index (κ3) is 3.07. The Morgan fingerprint density at radius 1 is 1.20 bits per heavy atom. The fraction of sp³-hybridized carbons (Fsp3) is 0.316. The van der Waals surface area contributed by atoms with Gasteiger partial charge >= 0.3 is 0 Å². The van der Waals surface area contributed by atoms with Crippen LogP contribution in [0.1, 0.15) is 12.8 Å². The summed E-state index contributed by atoms with van der Waals surface area (Å²) < 4.78 is 2.06. The van der Waals surface area contributed by atoms with Gasteiger partial charge < -0.3 is 14.8 Å². The van der Waals surface area contributed by atoms with Crippen LogP contribution in [0.5, 0.6) is 0 Å². The van der Waals surface area contributed by atoms with Gasteiger partial charge in [0.25, 0.3) is 0 Å². The Morgan fingerprint density at radius 3 is 2.88 bits per heavy atom. The van der Waals surface area contributed by atoms with Gasteiger partial charge in [0, 0.05) is 49.6 Å². The van der Waals surface area contributed by atoms with Crippen molar-refractivity contribution in [1.82, 2.24) is 14.5 Å². The number of benzene rings is 1. The lowest BCUT2D eigenvalue weighted by Crippen LogP contribution is -2.41. The van der Waals surface area contributed by atoms with Crippen molar-refractivity contribution in [3.63, 3.8) is 0 Å². The molecular formula is C19H21N5O. The standard InChI is InChI=1S/C19H21N5O/c1-23-12-8-15-16(6-2-7-17(15)23)22-18(25)14-5-3-11-24(13-14)19-20-9-4-10-21-19/h2,4,6-10,12,14H,3,5,11,13H2,1H3,(H,22,25). The van der Waals surface area contributed by atoms with E-state index in [0.29, 0.717) is 12.5 Å². The average molecular weight is 335 g/mol. The van der Waals surface area contributed by atoms with Gasteiger partial charge in [0.1, 0.15) is 0 Å². The molecule has 1 aliphatic rings. The summed E-state index contributed by atoms with van der Waals surface area (Å²) in [5.41, 5.74) is 1.98. The highest BCUT2D eigenvalue weighted by molar-refractivity contribution is 6.02. The van der Waals surface area contributed by atoms with Crippen LogP contribution in [0.4, 0.5) is 11.6 Å². The summed E-state index contributed by atoms with van der Waals surface area (Å²) in [5, 5.41) is 4.19. The topological polar surface area (TPSA) is 63.1 Å². The first-order valence-corrected chi connectivity index (χ1v) is 8.59. The van der Waals surface area contributed by atoms with Crippen molar-refractivity contribution in [2.75, 3.05) is 23.3 Å². The summed E-state index contributed by atoms with van der Waals surface area (Å²) in [5.74, 6) is 0.707. The Hall–Kier alpha value is -2.89. The zero-order valence-corrected chi connectivity index (χ0v) is 14.2. The number of nitrogens with zero attached hydrogens (tertiary/aromatic N) is 4. The molecule has 1 unspecified atom stereocenters.